The highest BCUT2D eigenvalue weighted by Gasteiger charge is 2.09. The Hall–Kier alpha value is -1.61. The molecule has 3 nitrogen and oxygen atoms in total. The second-order valence-electron chi connectivity index (χ2n) is 3.36. The van der Waals surface area contributed by atoms with Crippen molar-refractivity contribution in [1.82, 2.24) is 4.98 Å². The molecule has 1 N–H and O–H groups in total. The number of aromatic nitrogens is 1. The van der Waals surface area contributed by atoms with Crippen LogP contribution < -0.4 is 0 Å². The second kappa shape index (κ2) is 5.47. The van der Waals surface area contributed by atoms with Crippen LogP contribution in [0.4, 0.5) is 0 Å². The third kappa shape index (κ3) is 2.49. The number of aryl methyl sites for hydroxylation is 1. The van der Waals surface area contributed by atoms with Crippen molar-refractivity contribution in [3.63, 3.8) is 0 Å². The van der Waals surface area contributed by atoms with Gasteiger partial charge in [0, 0.05) is 18.6 Å². The topological polar surface area (TPSA) is 46.3 Å². The summed E-state index contributed by atoms with van der Waals surface area (Å²) in [5.41, 5.74) is 1.79. The van der Waals surface area contributed by atoms with Crippen LogP contribution in [0.1, 0.15) is 18.9 Å². The molecule has 2 aromatic rings. The van der Waals surface area contributed by atoms with Crippen LogP contribution in [-0.2, 0) is 6.42 Å². The van der Waals surface area contributed by atoms with Crippen LogP contribution in [0, 0.1) is 6.92 Å². The summed E-state index contributed by atoms with van der Waals surface area (Å²) < 4.78 is 5.53. The summed E-state index contributed by atoms with van der Waals surface area (Å²) in [6.07, 6.45) is 0.544. The Morgan fingerprint density at radius 1 is 1.25 bits per heavy atom. The fourth-order valence-electron chi connectivity index (χ4n) is 1.47. The lowest BCUT2D eigenvalue weighted by Crippen LogP contribution is -1.92. The van der Waals surface area contributed by atoms with Gasteiger partial charge in [0.25, 0.3) is 0 Å². The monoisotopic (exact) mass is 219 g/mol. The van der Waals surface area contributed by atoms with Crippen LogP contribution in [0.3, 0.4) is 0 Å². The molecule has 0 aliphatic carbocycles. The maximum absolute atomic E-state index is 8.84. The first kappa shape index (κ1) is 12.5. The Morgan fingerprint density at radius 3 is 2.56 bits per heavy atom. The molecule has 0 unspecified atom stereocenters. The average molecular weight is 219 g/mol. The molecule has 86 valence electrons. The Labute approximate surface area is 95.8 Å². The van der Waals surface area contributed by atoms with Gasteiger partial charge in [0.15, 0.2) is 0 Å². The molecule has 0 bridgehead atoms. The smallest absolute Gasteiger partial charge is 0.226 e. The molecule has 2 rings (SSSR count). The fourth-order valence-corrected chi connectivity index (χ4v) is 1.47. The number of rotatable bonds is 3. The van der Waals surface area contributed by atoms with Gasteiger partial charge < -0.3 is 9.52 Å². The SMILES string of the molecule is C.Cc1oc(-c2ccccc2)nc1CCO. The molecule has 0 saturated heterocycles. The van der Waals surface area contributed by atoms with Crippen molar-refractivity contribution in [2.45, 2.75) is 20.8 Å². The van der Waals surface area contributed by atoms with E-state index in [9.17, 15) is 0 Å². The second-order valence-corrected chi connectivity index (χ2v) is 3.36. The Kier molecular flexibility index (Phi) is 4.26. The van der Waals surface area contributed by atoms with E-state index in [2.05, 4.69) is 4.98 Å². The number of nitrogens with zero attached hydrogens (tertiary/aromatic N) is 1. The molecule has 0 spiro atoms. The number of aliphatic hydroxyl groups is 1. The number of hydrogen-bond acceptors (Lipinski definition) is 3. The minimum atomic E-state index is 0. The van der Waals surface area contributed by atoms with Crippen molar-refractivity contribution in [2.75, 3.05) is 6.61 Å². The lowest BCUT2D eigenvalue weighted by Gasteiger charge is -1.92. The zero-order valence-electron chi connectivity index (χ0n) is 8.60. The van der Waals surface area contributed by atoms with Crippen LogP contribution in [0.5, 0.6) is 0 Å². The minimum absolute atomic E-state index is 0. The maximum Gasteiger partial charge on any atom is 0.226 e. The Morgan fingerprint density at radius 2 is 1.94 bits per heavy atom. The molecule has 0 fully saturated rings. The van der Waals surface area contributed by atoms with Crippen LogP contribution in [0.2, 0.25) is 0 Å². The first-order valence-electron chi connectivity index (χ1n) is 4.94. The number of hydrogen-bond donors (Lipinski definition) is 1. The molecule has 0 amide bonds. The summed E-state index contributed by atoms with van der Waals surface area (Å²) in [6, 6.07) is 9.75. The number of benzene rings is 1. The molecule has 0 aliphatic heterocycles. The number of aliphatic hydroxyl groups excluding tert-OH is 1. The van der Waals surface area contributed by atoms with E-state index in [4.69, 9.17) is 9.52 Å². The molecule has 0 aliphatic rings. The van der Waals surface area contributed by atoms with Crippen LogP contribution in [-0.4, -0.2) is 16.7 Å². The van der Waals surface area contributed by atoms with E-state index in [-0.39, 0.29) is 14.0 Å². The molecule has 3 heteroatoms. The predicted octanol–water partition coefficient (Wildman–Crippen LogP) is 2.82. The van der Waals surface area contributed by atoms with Crippen molar-refractivity contribution in [1.29, 1.82) is 0 Å². The third-order valence-corrected chi connectivity index (χ3v) is 2.26. The highest BCUT2D eigenvalue weighted by atomic mass is 16.4. The van der Waals surface area contributed by atoms with Gasteiger partial charge in [-0.25, -0.2) is 4.98 Å². The van der Waals surface area contributed by atoms with Gasteiger partial charge >= 0.3 is 0 Å². The lowest BCUT2D eigenvalue weighted by atomic mass is 10.2. The summed E-state index contributed by atoms with van der Waals surface area (Å²) in [6.45, 7) is 1.96. The third-order valence-electron chi connectivity index (χ3n) is 2.26. The van der Waals surface area contributed by atoms with E-state index in [1.54, 1.807) is 0 Å². The van der Waals surface area contributed by atoms with E-state index in [0.29, 0.717) is 12.3 Å². The highest BCUT2D eigenvalue weighted by molar-refractivity contribution is 5.53. The predicted molar refractivity (Wildman–Crippen MR) is 64.2 cm³/mol. The van der Waals surface area contributed by atoms with Gasteiger partial charge in [0.1, 0.15) is 5.76 Å². The van der Waals surface area contributed by atoms with Gasteiger partial charge in [0.2, 0.25) is 5.89 Å². The zero-order valence-corrected chi connectivity index (χ0v) is 8.60. The van der Waals surface area contributed by atoms with Gasteiger partial charge in [-0.3, -0.25) is 0 Å². The van der Waals surface area contributed by atoms with Crippen molar-refractivity contribution in [2.24, 2.45) is 0 Å². The Balaban J connectivity index is 0.00000128. The molecular weight excluding hydrogens is 202 g/mol. The van der Waals surface area contributed by atoms with Gasteiger partial charge in [-0.05, 0) is 19.1 Å². The molecular formula is C13H17NO2. The van der Waals surface area contributed by atoms with Crippen molar-refractivity contribution >= 4 is 0 Å². The Bertz CT molecular complexity index is 434. The van der Waals surface area contributed by atoms with Gasteiger partial charge in [-0.1, -0.05) is 25.6 Å². The van der Waals surface area contributed by atoms with Crippen LogP contribution in [0.25, 0.3) is 11.5 Å². The van der Waals surface area contributed by atoms with Gasteiger partial charge in [-0.15, -0.1) is 0 Å². The fraction of sp³-hybridized carbons (Fsp3) is 0.308. The van der Waals surface area contributed by atoms with Crippen LogP contribution >= 0.6 is 0 Å². The summed E-state index contributed by atoms with van der Waals surface area (Å²) in [5.74, 6) is 1.40. The van der Waals surface area contributed by atoms with Gasteiger partial charge in [-0.2, -0.15) is 0 Å². The zero-order chi connectivity index (χ0) is 10.7. The molecule has 0 saturated carbocycles. The highest BCUT2D eigenvalue weighted by Crippen LogP contribution is 2.21. The molecule has 16 heavy (non-hydrogen) atoms. The minimum Gasteiger partial charge on any atom is -0.441 e. The van der Waals surface area contributed by atoms with Crippen molar-refractivity contribution in [3.05, 3.63) is 41.8 Å². The van der Waals surface area contributed by atoms with E-state index in [1.807, 2.05) is 37.3 Å². The summed E-state index contributed by atoms with van der Waals surface area (Å²) >= 11 is 0. The maximum atomic E-state index is 8.84. The normalized spacial score (nSPS) is 9.88. The van der Waals surface area contributed by atoms with Gasteiger partial charge in [0.05, 0.1) is 5.69 Å². The summed E-state index contributed by atoms with van der Waals surface area (Å²) in [5, 5.41) is 8.84. The standard InChI is InChI=1S/C12H13NO2.CH4/c1-9-11(7-8-14)13-12(15-9)10-5-3-2-4-6-10;/h2-6,14H,7-8H2,1H3;1H4. The van der Waals surface area contributed by atoms with E-state index in [1.165, 1.54) is 0 Å². The molecule has 0 radical (unpaired) electrons. The molecule has 1 aromatic carbocycles. The first-order valence-corrected chi connectivity index (χ1v) is 4.94. The summed E-state index contributed by atoms with van der Waals surface area (Å²) in [4.78, 5) is 4.34. The van der Waals surface area contributed by atoms with E-state index in [0.717, 1.165) is 17.0 Å². The van der Waals surface area contributed by atoms with Crippen molar-refractivity contribution < 1.29 is 9.52 Å². The molecule has 0 atom stereocenters. The first-order chi connectivity index (χ1) is 7.31. The van der Waals surface area contributed by atoms with Crippen molar-refractivity contribution in [3.8, 4) is 11.5 Å². The largest absolute Gasteiger partial charge is 0.441 e. The lowest BCUT2D eigenvalue weighted by molar-refractivity contribution is 0.297. The van der Waals surface area contributed by atoms with Crippen LogP contribution in [0.15, 0.2) is 34.7 Å². The quantitative estimate of drug-likeness (QED) is 0.863. The summed E-state index contributed by atoms with van der Waals surface area (Å²) in [7, 11) is 0. The van der Waals surface area contributed by atoms with E-state index >= 15 is 0 Å². The molecule has 1 aromatic heterocycles. The molecule has 1 heterocycles. The average Bonchev–Trinajstić information content (AvgIpc) is 2.63. The van der Waals surface area contributed by atoms with E-state index < -0.39 is 0 Å². The number of oxazole rings is 1.